The number of hydrogen-bond donors (Lipinski definition) is 2. The number of hydrogen-bond acceptors (Lipinski definition) is 3. The Labute approximate surface area is 141 Å². The maximum absolute atomic E-state index is 12.3. The van der Waals surface area contributed by atoms with Gasteiger partial charge in [-0.2, -0.15) is 26.3 Å². The van der Waals surface area contributed by atoms with Crippen molar-refractivity contribution in [1.82, 2.24) is 20.4 Å². The normalized spacial score (nSPS) is 19.8. The van der Waals surface area contributed by atoms with Crippen LogP contribution in [0.15, 0.2) is 4.99 Å². The summed E-state index contributed by atoms with van der Waals surface area (Å²) in [5.41, 5.74) is 0. The van der Waals surface area contributed by atoms with E-state index in [1.807, 2.05) is 0 Å². The van der Waals surface area contributed by atoms with E-state index in [0.29, 0.717) is 11.3 Å². The predicted molar refractivity (Wildman–Crippen MR) is 79.1 cm³/mol. The summed E-state index contributed by atoms with van der Waals surface area (Å²) in [5, 5.41) is 5.43. The summed E-state index contributed by atoms with van der Waals surface area (Å²) >= 11 is 0. The van der Waals surface area contributed by atoms with Crippen LogP contribution in [-0.2, 0) is 4.79 Å². The molecular formula is C13H21F6N5O. The van der Waals surface area contributed by atoms with Crippen molar-refractivity contribution < 1.29 is 31.1 Å². The van der Waals surface area contributed by atoms with Crippen molar-refractivity contribution in [2.24, 2.45) is 4.99 Å². The van der Waals surface area contributed by atoms with E-state index in [0.717, 1.165) is 7.05 Å². The maximum atomic E-state index is 12.3. The van der Waals surface area contributed by atoms with E-state index in [9.17, 15) is 31.1 Å². The van der Waals surface area contributed by atoms with Gasteiger partial charge in [-0.25, -0.2) is 0 Å². The van der Waals surface area contributed by atoms with E-state index in [2.05, 4.69) is 15.6 Å². The zero-order valence-electron chi connectivity index (χ0n) is 13.8. The number of likely N-dealkylation sites (tertiary alicyclic amines) is 1. The second-order valence-corrected chi connectivity index (χ2v) is 5.77. The van der Waals surface area contributed by atoms with Crippen LogP contribution in [-0.4, -0.2) is 86.9 Å². The van der Waals surface area contributed by atoms with Gasteiger partial charge in [-0.3, -0.25) is 14.7 Å². The van der Waals surface area contributed by atoms with Gasteiger partial charge in [0, 0.05) is 33.2 Å². The lowest BCUT2D eigenvalue weighted by Crippen LogP contribution is -2.48. The van der Waals surface area contributed by atoms with Crippen molar-refractivity contribution in [2.75, 3.05) is 46.8 Å². The zero-order chi connectivity index (χ0) is 19.3. The lowest BCUT2D eigenvalue weighted by atomic mass is 10.3. The third-order valence-corrected chi connectivity index (χ3v) is 3.49. The Morgan fingerprint density at radius 1 is 1.24 bits per heavy atom. The first-order chi connectivity index (χ1) is 11.4. The standard InChI is InChI=1S/C13H21F6N5O/c1-20-11(21-5-10(25)23(2)7-12(14,15)16)22-9-3-4-24(6-9)8-13(17,18)19/h9H,3-8H2,1-2H3,(H2,20,21,22). The molecule has 1 amide bonds. The lowest BCUT2D eigenvalue weighted by molar-refractivity contribution is -0.157. The molecule has 6 nitrogen and oxygen atoms in total. The zero-order valence-corrected chi connectivity index (χ0v) is 13.8. The number of nitrogens with zero attached hydrogens (tertiary/aromatic N) is 3. The fraction of sp³-hybridized carbons (Fsp3) is 0.846. The summed E-state index contributed by atoms with van der Waals surface area (Å²) in [5.74, 6) is -0.641. The number of likely N-dealkylation sites (N-methyl/N-ethyl adjacent to an activating group) is 1. The molecule has 0 spiro atoms. The highest BCUT2D eigenvalue weighted by Crippen LogP contribution is 2.20. The van der Waals surface area contributed by atoms with Crippen LogP contribution in [0.1, 0.15) is 6.42 Å². The number of nitrogens with one attached hydrogen (secondary N) is 2. The van der Waals surface area contributed by atoms with Gasteiger partial charge < -0.3 is 15.5 Å². The molecule has 1 atom stereocenters. The van der Waals surface area contributed by atoms with Crippen molar-refractivity contribution >= 4 is 11.9 Å². The monoisotopic (exact) mass is 377 g/mol. The molecule has 2 N–H and O–H groups in total. The Balaban J connectivity index is 2.40. The summed E-state index contributed by atoms with van der Waals surface area (Å²) in [6.45, 7) is -2.36. The van der Waals surface area contributed by atoms with Crippen molar-refractivity contribution in [3.05, 3.63) is 0 Å². The Bertz CT molecular complexity index is 479. The average Bonchev–Trinajstić information content (AvgIpc) is 2.86. The maximum Gasteiger partial charge on any atom is 0.406 e. The number of alkyl halides is 6. The number of guanidine groups is 1. The predicted octanol–water partition coefficient (Wildman–Crippen LogP) is 0.809. The minimum Gasteiger partial charge on any atom is -0.352 e. The third kappa shape index (κ3) is 8.79. The number of rotatable bonds is 5. The van der Waals surface area contributed by atoms with Crippen LogP contribution in [0.2, 0.25) is 0 Å². The highest BCUT2D eigenvalue weighted by Gasteiger charge is 2.34. The first-order valence-corrected chi connectivity index (χ1v) is 7.46. The number of carbonyl (C=O) groups excluding carboxylic acids is 1. The summed E-state index contributed by atoms with van der Waals surface area (Å²) in [6.07, 6.45) is -8.31. The molecule has 1 heterocycles. The molecule has 0 aliphatic carbocycles. The topological polar surface area (TPSA) is 60.0 Å². The Hall–Kier alpha value is -1.72. The molecule has 12 heteroatoms. The first kappa shape index (κ1) is 21.3. The van der Waals surface area contributed by atoms with Crippen LogP contribution in [0.4, 0.5) is 26.3 Å². The summed E-state index contributed by atoms with van der Waals surface area (Å²) in [7, 11) is 2.42. The summed E-state index contributed by atoms with van der Waals surface area (Å²) in [4.78, 5) is 17.2. The SMILES string of the molecule is CN=C(NCC(=O)N(C)CC(F)(F)F)NC1CCN(CC(F)(F)F)C1. The Kier molecular flexibility index (Phi) is 7.32. The molecule has 1 aliphatic heterocycles. The molecule has 0 radical (unpaired) electrons. The molecule has 0 aromatic heterocycles. The third-order valence-electron chi connectivity index (χ3n) is 3.49. The van der Waals surface area contributed by atoms with Gasteiger partial charge in [0.25, 0.3) is 0 Å². The fourth-order valence-electron chi connectivity index (χ4n) is 2.39. The molecule has 0 aromatic rings. The van der Waals surface area contributed by atoms with Gasteiger partial charge in [0.2, 0.25) is 5.91 Å². The number of aliphatic imine (C=N–C) groups is 1. The molecule has 1 rings (SSSR count). The number of amides is 1. The Morgan fingerprint density at radius 2 is 1.88 bits per heavy atom. The molecule has 146 valence electrons. The van der Waals surface area contributed by atoms with E-state index in [4.69, 9.17) is 0 Å². The molecule has 0 aromatic carbocycles. The van der Waals surface area contributed by atoms with Gasteiger partial charge in [-0.15, -0.1) is 0 Å². The van der Waals surface area contributed by atoms with Crippen molar-refractivity contribution in [1.29, 1.82) is 0 Å². The van der Waals surface area contributed by atoms with Crippen LogP contribution in [0.5, 0.6) is 0 Å². The van der Waals surface area contributed by atoms with Gasteiger partial charge in [-0.1, -0.05) is 0 Å². The number of halogens is 6. The fourth-order valence-corrected chi connectivity index (χ4v) is 2.39. The summed E-state index contributed by atoms with van der Waals surface area (Å²) in [6, 6.07) is -0.295. The largest absolute Gasteiger partial charge is 0.406 e. The second-order valence-electron chi connectivity index (χ2n) is 5.77. The molecular weight excluding hydrogens is 356 g/mol. The van der Waals surface area contributed by atoms with E-state index < -0.39 is 37.9 Å². The van der Waals surface area contributed by atoms with Gasteiger partial charge in [-0.05, 0) is 6.42 Å². The molecule has 1 unspecified atom stereocenters. The van der Waals surface area contributed by atoms with Crippen molar-refractivity contribution in [3.63, 3.8) is 0 Å². The van der Waals surface area contributed by atoms with Gasteiger partial charge in [0.05, 0.1) is 13.1 Å². The van der Waals surface area contributed by atoms with Gasteiger partial charge in [0.15, 0.2) is 5.96 Å². The lowest BCUT2D eigenvalue weighted by Gasteiger charge is -2.21. The van der Waals surface area contributed by atoms with Gasteiger partial charge in [0.1, 0.15) is 6.54 Å². The molecule has 25 heavy (non-hydrogen) atoms. The minimum atomic E-state index is -4.49. The molecule has 1 aliphatic rings. The molecule has 1 saturated heterocycles. The van der Waals surface area contributed by atoms with Crippen LogP contribution in [0.3, 0.4) is 0 Å². The van der Waals surface area contributed by atoms with E-state index >= 15 is 0 Å². The minimum absolute atomic E-state index is 0.146. The smallest absolute Gasteiger partial charge is 0.352 e. The highest BCUT2D eigenvalue weighted by atomic mass is 19.4. The summed E-state index contributed by atoms with van der Waals surface area (Å²) < 4.78 is 73.7. The molecule has 1 fully saturated rings. The van der Waals surface area contributed by atoms with Crippen molar-refractivity contribution in [3.8, 4) is 0 Å². The van der Waals surface area contributed by atoms with Crippen LogP contribution in [0.25, 0.3) is 0 Å². The van der Waals surface area contributed by atoms with E-state index in [-0.39, 0.29) is 25.1 Å². The quantitative estimate of drug-likeness (QED) is 0.423. The van der Waals surface area contributed by atoms with E-state index in [1.54, 1.807) is 0 Å². The van der Waals surface area contributed by atoms with Crippen LogP contribution in [0, 0.1) is 0 Å². The molecule has 0 bridgehead atoms. The number of carbonyl (C=O) groups is 1. The molecule has 0 saturated carbocycles. The Morgan fingerprint density at radius 3 is 2.40 bits per heavy atom. The highest BCUT2D eigenvalue weighted by molar-refractivity contribution is 5.86. The van der Waals surface area contributed by atoms with E-state index in [1.165, 1.54) is 11.9 Å². The van der Waals surface area contributed by atoms with Crippen LogP contribution < -0.4 is 10.6 Å². The average molecular weight is 377 g/mol. The van der Waals surface area contributed by atoms with Gasteiger partial charge >= 0.3 is 12.4 Å². The van der Waals surface area contributed by atoms with Crippen molar-refractivity contribution in [2.45, 2.75) is 24.8 Å². The second kappa shape index (κ2) is 8.59. The first-order valence-electron chi connectivity index (χ1n) is 7.46. The van der Waals surface area contributed by atoms with Crippen LogP contribution >= 0.6 is 0 Å².